The van der Waals surface area contributed by atoms with Crippen LogP contribution in [0.25, 0.3) is 10.9 Å². The molecule has 10 heteroatoms. The molecule has 2 aromatic heterocycles. The standard InChI is InChI=1S/C23H26N6O4/c30-20-18(33-12-2-8-28-10-13-32-14-11-28)5-4-17-19(20)26-23(29-9-7-25-21(17)29)27-22(31)16-3-1-6-24-15-16/h1,3-6,15,25,30H,2,7-14H2. The number of aromatic hydroxyl groups is 1. The van der Waals surface area contributed by atoms with Crippen LogP contribution in [0.2, 0.25) is 0 Å². The van der Waals surface area contributed by atoms with E-state index in [9.17, 15) is 9.90 Å². The fraction of sp³-hybridized carbons (Fsp3) is 0.391. The molecule has 0 aliphatic carbocycles. The maximum Gasteiger partial charge on any atom is 0.281 e. The van der Waals surface area contributed by atoms with Gasteiger partial charge >= 0.3 is 0 Å². The Hall–Kier alpha value is -3.50. The topological polar surface area (TPSA) is 114 Å². The van der Waals surface area contributed by atoms with E-state index in [1.807, 2.05) is 10.6 Å². The van der Waals surface area contributed by atoms with Crippen molar-refractivity contribution >= 4 is 22.6 Å². The zero-order valence-corrected chi connectivity index (χ0v) is 18.2. The molecule has 33 heavy (non-hydrogen) atoms. The molecule has 2 aliphatic heterocycles. The second-order valence-electron chi connectivity index (χ2n) is 7.96. The molecule has 10 nitrogen and oxygen atoms in total. The van der Waals surface area contributed by atoms with Gasteiger partial charge in [-0.2, -0.15) is 4.99 Å². The Morgan fingerprint density at radius 1 is 1.24 bits per heavy atom. The number of rotatable bonds is 6. The molecule has 172 valence electrons. The summed E-state index contributed by atoms with van der Waals surface area (Å²) < 4.78 is 13.1. The molecule has 0 atom stereocenters. The number of nitrogens with zero attached hydrogens (tertiary/aromatic N) is 5. The van der Waals surface area contributed by atoms with E-state index < -0.39 is 5.91 Å². The van der Waals surface area contributed by atoms with Crippen LogP contribution in [0.1, 0.15) is 16.8 Å². The Balaban J connectivity index is 1.41. The van der Waals surface area contributed by atoms with Crippen LogP contribution in [0, 0.1) is 0 Å². The number of morpholine rings is 1. The summed E-state index contributed by atoms with van der Waals surface area (Å²) in [6.45, 7) is 6.11. The van der Waals surface area contributed by atoms with E-state index in [2.05, 4.69) is 25.2 Å². The minimum Gasteiger partial charge on any atom is -0.503 e. The maximum absolute atomic E-state index is 12.6. The van der Waals surface area contributed by atoms with Crippen LogP contribution in [0.4, 0.5) is 5.82 Å². The predicted molar refractivity (Wildman–Crippen MR) is 121 cm³/mol. The normalized spacial score (nSPS) is 16.5. The van der Waals surface area contributed by atoms with Gasteiger partial charge in [-0.3, -0.25) is 19.2 Å². The molecule has 1 amide bonds. The molecule has 0 spiro atoms. The maximum atomic E-state index is 12.6. The average Bonchev–Trinajstić information content (AvgIpc) is 3.35. The number of phenolic OH excluding ortho intramolecular Hbond substituents is 1. The molecule has 4 heterocycles. The lowest BCUT2D eigenvalue weighted by molar-refractivity contribution is 0.0357. The van der Waals surface area contributed by atoms with Crippen molar-refractivity contribution in [1.82, 2.24) is 19.4 Å². The van der Waals surface area contributed by atoms with E-state index in [1.165, 1.54) is 6.20 Å². The first kappa shape index (κ1) is 21.4. The number of carbonyl (C=O) groups excluding carboxylic acids is 1. The highest BCUT2D eigenvalue weighted by Gasteiger charge is 2.20. The Kier molecular flexibility index (Phi) is 6.18. The fourth-order valence-corrected chi connectivity index (χ4v) is 4.10. The lowest BCUT2D eigenvalue weighted by atomic mass is 10.2. The molecule has 0 saturated carbocycles. The van der Waals surface area contributed by atoms with E-state index >= 15 is 0 Å². The van der Waals surface area contributed by atoms with Gasteiger partial charge in [-0.1, -0.05) is 0 Å². The number of aromatic nitrogens is 3. The van der Waals surface area contributed by atoms with Crippen molar-refractivity contribution in [1.29, 1.82) is 0 Å². The molecular weight excluding hydrogens is 424 g/mol. The zero-order chi connectivity index (χ0) is 22.6. The molecule has 1 saturated heterocycles. The fourth-order valence-electron chi connectivity index (χ4n) is 4.10. The third-order valence-electron chi connectivity index (χ3n) is 5.81. The van der Waals surface area contributed by atoms with Crippen molar-refractivity contribution in [2.75, 3.05) is 51.3 Å². The number of fused-ring (bicyclic) bond motifs is 3. The van der Waals surface area contributed by atoms with E-state index in [0.717, 1.165) is 50.5 Å². The molecule has 1 aromatic carbocycles. The number of ether oxygens (including phenoxy) is 2. The van der Waals surface area contributed by atoms with E-state index in [0.29, 0.717) is 36.5 Å². The summed E-state index contributed by atoms with van der Waals surface area (Å²) in [5.74, 6) is 0.643. The Bertz CT molecular complexity index is 1220. The predicted octanol–water partition coefficient (Wildman–Crippen LogP) is 1.40. The number of benzene rings is 1. The number of hydrogen-bond acceptors (Lipinski definition) is 8. The summed E-state index contributed by atoms with van der Waals surface area (Å²) >= 11 is 0. The molecule has 2 N–H and O–H groups in total. The number of amides is 1. The van der Waals surface area contributed by atoms with Crippen LogP contribution in [0.5, 0.6) is 11.5 Å². The van der Waals surface area contributed by atoms with Crippen molar-refractivity contribution < 1.29 is 19.4 Å². The Morgan fingerprint density at radius 2 is 2.12 bits per heavy atom. The molecule has 2 aliphatic rings. The van der Waals surface area contributed by atoms with Gasteiger partial charge < -0.3 is 19.9 Å². The van der Waals surface area contributed by atoms with Gasteiger partial charge in [0, 0.05) is 50.5 Å². The average molecular weight is 450 g/mol. The van der Waals surface area contributed by atoms with Crippen LogP contribution >= 0.6 is 0 Å². The van der Waals surface area contributed by atoms with Gasteiger partial charge in [-0.05, 0) is 30.7 Å². The summed E-state index contributed by atoms with van der Waals surface area (Å²) in [6.07, 6.45) is 3.91. The summed E-state index contributed by atoms with van der Waals surface area (Å²) in [7, 11) is 0. The third-order valence-corrected chi connectivity index (χ3v) is 5.81. The van der Waals surface area contributed by atoms with Crippen molar-refractivity contribution in [2.45, 2.75) is 13.0 Å². The summed E-state index contributed by atoms with van der Waals surface area (Å²) in [4.78, 5) is 27.7. The number of pyridine rings is 1. The minimum absolute atomic E-state index is 0.0544. The van der Waals surface area contributed by atoms with Gasteiger partial charge in [0.1, 0.15) is 11.3 Å². The molecule has 1 fully saturated rings. The summed E-state index contributed by atoms with van der Waals surface area (Å²) in [6, 6.07) is 6.97. The SMILES string of the molecule is O=C(N=c1nc2c(O)c(OCCCN3CCOCC3)ccc2c2n1CCN2)c1cccnc1. The van der Waals surface area contributed by atoms with Gasteiger partial charge in [0.2, 0.25) is 5.62 Å². The molecule has 0 bridgehead atoms. The monoisotopic (exact) mass is 450 g/mol. The molecule has 3 aromatic rings. The van der Waals surface area contributed by atoms with Crippen LogP contribution in [-0.4, -0.2) is 76.4 Å². The highest BCUT2D eigenvalue weighted by Crippen LogP contribution is 2.36. The highest BCUT2D eigenvalue weighted by molar-refractivity contribution is 5.96. The van der Waals surface area contributed by atoms with Gasteiger partial charge in [0.15, 0.2) is 11.5 Å². The van der Waals surface area contributed by atoms with Crippen molar-refractivity contribution in [3.63, 3.8) is 0 Å². The molecule has 5 rings (SSSR count). The van der Waals surface area contributed by atoms with Crippen LogP contribution in [-0.2, 0) is 11.3 Å². The molecular formula is C23H26N6O4. The summed E-state index contributed by atoms with van der Waals surface area (Å²) in [5.41, 5.74) is 0.955. The lowest BCUT2D eigenvalue weighted by Crippen LogP contribution is -2.37. The second-order valence-corrected chi connectivity index (χ2v) is 7.96. The van der Waals surface area contributed by atoms with E-state index in [4.69, 9.17) is 9.47 Å². The number of hydrogen-bond donors (Lipinski definition) is 2. The number of carbonyl (C=O) groups is 1. The minimum atomic E-state index is -0.438. The zero-order valence-electron chi connectivity index (χ0n) is 18.2. The first-order valence-corrected chi connectivity index (χ1v) is 11.1. The molecule has 0 unspecified atom stereocenters. The number of anilines is 1. The third kappa shape index (κ3) is 4.53. The van der Waals surface area contributed by atoms with Gasteiger partial charge in [-0.25, -0.2) is 4.98 Å². The van der Waals surface area contributed by atoms with Gasteiger partial charge in [-0.15, -0.1) is 0 Å². The van der Waals surface area contributed by atoms with Crippen molar-refractivity contribution in [3.05, 3.63) is 47.8 Å². The van der Waals surface area contributed by atoms with Crippen LogP contribution in [0.15, 0.2) is 41.7 Å². The smallest absolute Gasteiger partial charge is 0.281 e. The lowest BCUT2D eigenvalue weighted by Gasteiger charge is -2.26. The van der Waals surface area contributed by atoms with Crippen molar-refractivity contribution in [2.24, 2.45) is 4.99 Å². The molecule has 0 radical (unpaired) electrons. The number of phenols is 1. The number of nitrogens with one attached hydrogen (secondary N) is 1. The Morgan fingerprint density at radius 3 is 2.94 bits per heavy atom. The quantitative estimate of drug-likeness (QED) is 0.542. The summed E-state index contributed by atoms with van der Waals surface area (Å²) in [5, 5.41) is 15.0. The van der Waals surface area contributed by atoms with Crippen LogP contribution in [0.3, 0.4) is 0 Å². The van der Waals surface area contributed by atoms with E-state index in [-0.39, 0.29) is 11.4 Å². The van der Waals surface area contributed by atoms with Crippen molar-refractivity contribution in [3.8, 4) is 11.5 Å². The van der Waals surface area contributed by atoms with Crippen LogP contribution < -0.4 is 15.7 Å². The first-order chi connectivity index (χ1) is 16.2. The Labute approximate surface area is 190 Å². The van der Waals surface area contributed by atoms with Gasteiger partial charge in [0.25, 0.3) is 5.91 Å². The first-order valence-electron chi connectivity index (χ1n) is 11.1. The van der Waals surface area contributed by atoms with Gasteiger partial charge in [0.05, 0.1) is 25.4 Å². The largest absolute Gasteiger partial charge is 0.503 e. The highest BCUT2D eigenvalue weighted by atomic mass is 16.5. The van der Waals surface area contributed by atoms with E-state index in [1.54, 1.807) is 24.4 Å². The second kappa shape index (κ2) is 9.55.